The standard InChI is InChI=1S/C30H34O8/c1-32-24-12-11-19(14-25(24)33-2)13-22-17-37-28(21-15-26(34-3)29(36-5)27(16-21)35-4)23(22)18-38-30(31)20-9-7-6-8-10-20/h6-12,14-16,22-23,28H,13,17-18H2,1-5H3/t22-,23-,28+/m0/s1. The Morgan fingerprint density at radius 3 is 2.05 bits per heavy atom. The average molecular weight is 523 g/mol. The molecule has 0 saturated carbocycles. The maximum Gasteiger partial charge on any atom is 0.338 e. The molecule has 38 heavy (non-hydrogen) atoms. The number of methoxy groups -OCH3 is 5. The highest BCUT2D eigenvalue weighted by molar-refractivity contribution is 5.89. The van der Waals surface area contributed by atoms with Gasteiger partial charge < -0.3 is 33.2 Å². The summed E-state index contributed by atoms with van der Waals surface area (Å²) in [5.74, 6) is 2.48. The van der Waals surface area contributed by atoms with Gasteiger partial charge in [0.1, 0.15) is 0 Å². The minimum absolute atomic E-state index is 0.0702. The van der Waals surface area contributed by atoms with Gasteiger partial charge in [-0.25, -0.2) is 4.79 Å². The number of esters is 1. The first-order chi connectivity index (χ1) is 18.5. The Bertz CT molecular complexity index is 1200. The molecule has 0 bridgehead atoms. The number of carbonyl (C=O) groups is 1. The van der Waals surface area contributed by atoms with Gasteiger partial charge in [-0.15, -0.1) is 0 Å². The average Bonchev–Trinajstić information content (AvgIpc) is 3.37. The highest BCUT2D eigenvalue weighted by Crippen LogP contribution is 2.46. The van der Waals surface area contributed by atoms with Gasteiger partial charge in [0.15, 0.2) is 23.0 Å². The third-order valence-corrected chi connectivity index (χ3v) is 6.86. The molecular weight excluding hydrogens is 488 g/mol. The van der Waals surface area contributed by atoms with Gasteiger partial charge in [-0.2, -0.15) is 0 Å². The highest BCUT2D eigenvalue weighted by atomic mass is 16.5. The monoisotopic (exact) mass is 522 g/mol. The van der Waals surface area contributed by atoms with Crippen LogP contribution in [0.4, 0.5) is 0 Å². The van der Waals surface area contributed by atoms with Crippen molar-refractivity contribution in [1.29, 1.82) is 0 Å². The third-order valence-electron chi connectivity index (χ3n) is 6.86. The molecule has 0 N–H and O–H groups in total. The van der Waals surface area contributed by atoms with E-state index < -0.39 is 0 Å². The van der Waals surface area contributed by atoms with E-state index >= 15 is 0 Å². The first-order valence-corrected chi connectivity index (χ1v) is 12.4. The van der Waals surface area contributed by atoms with Crippen LogP contribution in [0.1, 0.15) is 27.6 Å². The van der Waals surface area contributed by atoms with Crippen LogP contribution >= 0.6 is 0 Å². The fraction of sp³-hybridized carbons (Fsp3) is 0.367. The van der Waals surface area contributed by atoms with E-state index in [0.717, 1.165) is 11.1 Å². The molecule has 1 saturated heterocycles. The van der Waals surface area contributed by atoms with E-state index in [0.29, 0.717) is 47.3 Å². The van der Waals surface area contributed by atoms with E-state index in [1.807, 2.05) is 48.5 Å². The number of rotatable bonds is 11. The van der Waals surface area contributed by atoms with Crippen LogP contribution in [0.25, 0.3) is 0 Å². The third kappa shape index (κ3) is 5.81. The summed E-state index contributed by atoms with van der Waals surface area (Å²) in [6.07, 6.45) is 0.354. The zero-order valence-corrected chi connectivity index (χ0v) is 22.4. The number of hydrogen-bond donors (Lipinski definition) is 0. The molecular formula is C30H34O8. The fourth-order valence-corrected chi connectivity index (χ4v) is 4.90. The van der Waals surface area contributed by atoms with Crippen LogP contribution in [-0.4, -0.2) is 54.7 Å². The van der Waals surface area contributed by atoms with Gasteiger partial charge in [0.2, 0.25) is 5.75 Å². The smallest absolute Gasteiger partial charge is 0.338 e. The second-order valence-electron chi connectivity index (χ2n) is 8.99. The van der Waals surface area contributed by atoms with Crippen LogP contribution in [0.5, 0.6) is 28.7 Å². The second-order valence-corrected chi connectivity index (χ2v) is 8.99. The quantitative estimate of drug-likeness (QED) is 0.321. The van der Waals surface area contributed by atoms with E-state index in [2.05, 4.69) is 0 Å². The van der Waals surface area contributed by atoms with E-state index in [1.54, 1.807) is 47.7 Å². The fourth-order valence-electron chi connectivity index (χ4n) is 4.90. The summed E-state index contributed by atoms with van der Waals surface area (Å²) < 4.78 is 39.7. The van der Waals surface area contributed by atoms with Crippen LogP contribution in [0.2, 0.25) is 0 Å². The molecule has 202 valence electrons. The normalized spacial score (nSPS) is 18.5. The number of carbonyl (C=O) groups excluding carboxylic acids is 1. The van der Waals surface area contributed by atoms with Crippen molar-refractivity contribution in [2.24, 2.45) is 11.8 Å². The van der Waals surface area contributed by atoms with Crippen molar-refractivity contribution in [1.82, 2.24) is 0 Å². The lowest BCUT2D eigenvalue weighted by Crippen LogP contribution is -2.24. The molecule has 3 aromatic rings. The van der Waals surface area contributed by atoms with E-state index in [4.69, 9.17) is 33.2 Å². The van der Waals surface area contributed by atoms with E-state index in [9.17, 15) is 4.79 Å². The van der Waals surface area contributed by atoms with Crippen molar-refractivity contribution in [2.45, 2.75) is 12.5 Å². The van der Waals surface area contributed by atoms with Crippen molar-refractivity contribution in [2.75, 3.05) is 48.8 Å². The Labute approximate surface area is 223 Å². The number of ether oxygens (including phenoxy) is 7. The zero-order chi connectivity index (χ0) is 27.1. The Morgan fingerprint density at radius 2 is 1.45 bits per heavy atom. The molecule has 3 atom stereocenters. The van der Waals surface area contributed by atoms with Crippen LogP contribution in [-0.2, 0) is 15.9 Å². The highest BCUT2D eigenvalue weighted by Gasteiger charge is 2.40. The van der Waals surface area contributed by atoms with Crippen molar-refractivity contribution >= 4 is 5.97 Å². The Morgan fingerprint density at radius 1 is 0.789 bits per heavy atom. The maximum atomic E-state index is 12.8. The van der Waals surface area contributed by atoms with Crippen LogP contribution in [0, 0.1) is 11.8 Å². The summed E-state index contributed by atoms with van der Waals surface area (Å²) in [5, 5.41) is 0. The first-order valence-electron chi connectivity index (χ1n) is 12.4. The minimum Gasteiger partial charge on any atom is -0.493 e. The topological polar surface area (TPSA) is 81.7 Å². The minimum atomic E-state index is -0.369. The molecule has 0 spiro atoms. The van der Waals surface area contributed by atoms with Crippen LogP contribution in [0.15, 0.2) is 60.7 Å². The van der Waals surface area contributed by atoms with Gasteiger partial charge in [-0.05, 0) is 59.9 Å². The Kier molecular flexibility index (Phi) is 8.97. The van der Waals surface area contributed by atoms with Gasteiger partial charge in [-0.3, -0.25) is 0 Å². The van der Waals surface area contributed by atoms with Crippen LogP contribution in [0.3, 0.4) is 0 Å². The van der Waals surface area contributed by atoms with Crippen molar-refractivity contribution in [3.8, 4) is 28.7 Å². The molecule has 0 aromatic heterocycles. The van der Waals surface area contributed by atoms with E-state index in [-0.39, 0.29) is 30.5 Å². The molecule has 4 rings (SSSR count). The molecule has 1 aliphatic heterocycles. The van der Waals surface area contributed by atoms with Crippen molar-refractivity contribution in [3.63, 3.8) is 0 Å². The SMILES string of the molecule is COc1ccc(C[C@H]2CO[C@H](c3cc(OC)c(OC)c(OC)c3)[C@H]2COC(=O)c2ccccc2)cc1OC. The summed E-state index contributed by atoms with van der Waals surface area (Å²) in [6, 6.07) is 18.6. The summed E-state index contributed by atoms with van der Waals surface area (Å²) in [7, 11) is 7.95. The lowest BCUT2D eigenvalue weighted by atomic mass is 9.84. The lowest BCUT2D eigenvalue weighted by molar-refractivity contribution is 0.0289. The molecule has 3 aromatic carbocycles. The van der Waals surface area contributed by atoms with Crippen molar-refractivity contribution in [3.05, 3.63) is 77.4 Å². The van der Waals surface area contributed by atoms with Gasteiger partial charge in [-0.1, -0.05) is 24.3 Å². The maximum absolute atomic E-state index is 12.8. The molecule has 8 heteroatoms. The Balaban J connectivity index is 1.64. The Hall–Kier alpha value is -3.91. The van der Waals surface area contributed by atoms with Crippen molar-refractivity contribution < 1.29 is 38.0 Å². The number of hydrogen-bond acceptors (Lipinski definition) is 8. The van der Waals surface area contributed by atoms with Gasteiger partial charge in [0.05, 0.1) is 60.4 Å². The lowest BCUT2D eigenvalue weighted by Gasteiger charge is -2.24. The summed E-state index contributed by atoms with van der Waals surface area (Å²) >= 11 is 0. The first kappa shape index (κ1) is 27.1. The molecule has 0 amide bonds. The molecule has 0 aliphatic carbocycles. The summed E-state index contributed by atoms with van der Waals surface area (Å²) in [5.41, 5.74) is 2.43. The molecule has 1 heterocycles. The second kappa shape index (κ2) is 12.6. The van der Waals surface area contributed by atoms with Gasteiger partial charge >= 0.3 is 5.97 Å². The van der Waals surface area contributed by atoms with Gasteiger partial charge in [0.25, 0.3) is 0 Å². The number of benzene rings is 3. The molecule has 8 nitrogen and oxygen atoms in total. The summed E-state index contributed by atoms with van der Waals surface area (Å²) in [6.45, 7) is 0.677. The molecule has 0 unspecified atom stereocenters. The molecule has 0 radical (unpaired) electrons. The zero-order valence-electron chi connectivity index (χ0n) is 22.4. The predicted molar refractivity (Wildman–Crippen MR) is 142 cm³/mol. The van der Waals surface area contributed by atoms with Gasteiger partial charge in [0, 0.05) is 5.92 Å². The largest absolute Gasteiger partial charge is 0.493 e. The summed E-state index contributed by atoms with van der Waals surface area (Å²) in [4.78, 5) is 12.8. The predicted octanol–water partition coefficient (Wildman–Crippen LogP) is 5.13. The van der Waals surface area contributed by atoms with E-state index in [1.165, 1.54) is 0 Å². The molecule has 1 aliphatic rings. The molecule has 1 fully saturated rings. The van der Waals surface area contributed by atoms with Crippen LogP contribution < -0.4 is 23.7 Å².